The van der Waals surface area contributed by atoms with E-state index >= 15 is 0 Å². The third-order valence-electron chi connectivity index (χ3n) is 2.31. The van der Waals surface area contributed by atoms with Gasteiger partial charge < -0.3 is 14.8 Å². The van der Waals surface area contributed by atoms with Gasteiger partial charge in [0.15, 0.2) is 0 Å². The molecule has 102 valence electrons. The normalized spacial score (nSPS) is 14.4. The van der Waals surface area contributed by atoms with Crippen molar-refractivity contribution in [1.82, 2.24) is 5.32 Å². The van der Waals surface area contributed by atoms with Crippen molar-refractivity contribution in [3.8, 4) is 0 Å². The Kier molecular flexibility index (Phi) is 9.59. The molecular formula is C12H25NO3S. The van der Waals surface area contributed by atoms with Gasteiger partial charge in [-0.2, -0.15) is 11.8 Å². The number of carbonyl (C=O) groups is 1. The van der Waals surface area contributed by atoms with Gasteiger partial charge in [0.1, 0.15) is 5.54 Å². The lowest BCUT2D eigenvalue weighted by Crippen LogP contribution is -2.53. The molecule has 17 heavy (non-hydrogen) atoms. The standard InChI is InChI=1S/C12H25NO3S/c1-5-7-13-12(3,11(14)16-6-2)10-17-9-8-15-4/h13H,5-10H2,1-4H3. The molecule has 0 aromatic heterocycles. The summed E-state index contributed by atoms with van der Waals surface area (Å²) in [6.45, 7) is 7.76. The zero-order valence-electron chi connectivity index (χ0n) is 11.4. The molecule has 0 aliphatic heterocycles. The highest BCUT2D eigenvalue weighted by Gasteiger charge is 2.33. The van der Waals surface area contributed by atoms with Crippen LogP contribution in [0.15, 0.2) is 0 Å². The first-order chi connectivity index (χ1) is 8.10. The average molecular weight is 263 g/mol. The largest absolute Gasteiger partial charge is 0.465 e. The van der Waals surface area contributed by atoms with E-state index in [1.54, 1.807) is 18.9 Å². The lowest BCUT2D eigenvalue weighted by molar-refractivity contribution is -0.149. The maximum absolute atomic E-state index is 11.9. The van der Waals surface area contributed by atoms with Crippen LogP contribution in [0.25, 0.3) is 0 Å². The highest BCUT2D eigenvalue weighted by atomic mass is 32.2. The number of thioether (sulfide) groups is 1. The molecule has 0 bridgehead atoms. The second kappa shape index (κ2) is 9.74. The van der Waals surface area contributed by atoms with Crippen molar-refractivity contribution in [1.29, 1.82) is 0 Å². The fourth-order valence-corrected chi connectivity index (χ4v) is 2.35. The zero-order chi connectivity index (χ0) is 13.1. The van der Waals surface area contributed by atoms with Crippen LogP contribution in [0.3, 0.4) is 0 Å². The highest BCUT2D eigenvalue weighted by molar-refractivity contribution is 7.99. The minimum Gasteiger partial charge on any atom is -0.465 e. The molecule has 0 aliphatic carbocycles. The predicted molar refractivity (Wildman–Crippen MR) is 72.5 cm³/mol. The summed E-state index contributed by atoms with van der Waals surface area (Å²) in [5.74, 6) is 1.42. The molecule has 1 atom stereocenters. The van der Waals surface area contributed by atoms with Crippen molar-refractivity contribution in [3.05, 3.63) is 0 Å². The monoisotopic (exact) mass is 263 g/mol. The van der Waals surface area contributed by atoms with E-state index in [1.165, 1.54) is 0 Å². The number of hydrogen-bond acceptors (Lipinski definition) is 5. The van der Waals surface area contributed by atoms with Gasteiger partial charge in [-0.25, -0.2) is 0 Å². The van der Waals surface area contributed by atoms with E-state index in [-0.39, 0.29) is 5.97 Å². The second-order valence-electron chi connectivity index (χ2n) is 4.02. The molecule has 4 nitrogen and oxygen atoms in total. The number of methoxy groups -OCH3 is 1. The second-order valence-corrected chi connectivity index (χ2v) is 5.13. The predicted octanol–water partition coefficient (Wildman–Crippen LogP) is 1.69. The Morgan fingerprint density at radius 2 is 2.12 bits per heavy atom. The van der Waals surface area contributed by atoms with Gasteiger partial charge in [-0.1, -0.05) is 6.92 Å². The van der Waals surface area contributed by atoms with E-state index in [9.17, 15) is 4.79 Å². The lowest BCUT2D eigenvalue weighted by Gasteiger charge is -2.28. The van der Waals surface area contributed by atoms with Crippen LogP contribution in [0, 0.1) is 0 Å². The van der Waals surface area contributed by atoms with Gasteiger partial charge in [0.25, 0.3) is 0 Å². The Morgan fingerprint density at radius 1 is 1.41 bits per heavy atom. The summed E-state index contributed by atoms with van der Waals surface area (Å²) in [5, 5.41) is 3.27. The van der Waals surface area contributed by atoms with Crippen molar-refractivity contribution >= 4 is 17.7 Å². The number of carbonyl (C=O) groups excluding carboxylic acids is 1. The Morgan fingerprint density at radius 3 is 2.65 bits per heavy atom. The molecule has 0 amide bonds. The quantitative estimate of drug-likeness (QED) is 0.480. The van der Waals surface area contributed by atoms with Crippen LogP contribution in [0.1, 0.15) is 27.2 Å². The molecule has 0 radical (unpaired) electrons. The molecule has 0 aliphatic rings. The highest BCUT2D eigenvalue weighted by Crippen LogP contribution is 2.15. The molecule has 0 aromatic carbocycles. The molecular weight excluding hydrogens is 238 g/mol. The van der Waals surface area contributed by atoms with Crippen LogP contribution in [-0.4, -0.2) is 49.9 Å². The molecule has 1 unspecified atom stereocenters. The summed E-state index contributed by atoms with van der Waals surface area (Å²) in [5.41, 5.74) is -0.593. The van der Waals surface area contributed by atoms with Crippen LogP contribution in [0.5, 0.6) is 0 Å². The van der Waals surface area contributed by atoms with Crippen LogP contribution in [-0.2, 0) is 14.3 Å². The Hall–Kier alpha value is -0.260. The van der Waals surface area contributed by atoms with E-state index in [0.29, 0.717) is 19.0 Å². The average Bonchev–Trinajstić information content (AvgIpc) is 2.32. The minimum absolute atomic E-state index is 0.168. The maximum atomic E-state index is 11.9. The van der Waals surface area contributed by atoms with E-state index < -0.39 is 5.54 Å². The van der Waals surface area contributed by atoms with E-state index in [2.05, 4.69) is 12.2 Å². The fraction of sp³-hybridized carbons (Fsp3) is 0.917. The molecule has 0 aromatic rings. The van der Waals surface area contributed by atoms with Gasteiger partial charge in [-0.3, -0.25) is 4.79 Å². The van der Waals surface area contributed by atoms with Gasteiger partial charge in [0.2, 0.25) is 0 Å². The smallest absolute Gasteiger partial charge is 0.326 e. The van der Waals surface area contributed by atoms with Gasteiger partial charge in [0, 0.05) is 18.6 Å². The topological polar surface area (TPSA) is 47.6 Å². The summed E-state index contributed by atoms with van der Waals surface area (Å²) in [6, 6.07) is 0. The van der Waals surface area contributed by atoms with Crippen molar-refractivity contribution in [3.63, 3.8) is 0 Å². The van der Waals surface area contributed by atoms with Gasteiger partial charge in [-0.05, 0) is 26.8 Å². The Balaban J connectivity index is 4.22. The first-order valence-electron chi connectivity index (χ1n) is 6.09. The number of ether oxygens (including phenoxy) is 2. The molecule has 0 heterocycles. The Labute approximate surface area is 109 Å². The Bertz CT molecular complexity index is 214. The third kappa shape index (κ3) is 6.91. The van der Waals surface area contributed by atoms with Crippen molar-refractivity contribution in [2.45, 2.75) is 32.7 Å². The lowest BCUT2D eigenvalue weighted by atomic mass is 10.1. The summed E-state index contributed by atoms with van der Waals surface area (Å²) in [4.78, 5) is 11.9. The van der Waals surface area contributed by atoms with E-state index in [4.69, 9.17) is 9.47 Å². The number of hydrogen-bond donors (Lipinski definition) is 1. The first-order valence-corrected chi connectivity index (χ1v) is 7.25. The van der Waals surface area contributed by atoms with Gasteiger partial charge in [-0.15, -0.1) is 0 Å². The zero-order valence-corrected chi connectivity index (χ0v) is 12.2. The summed E-state index contributed by atoms with van der Waals surface area (Å²) >= 11 is 1.70. The number of rotatable bonds is 10. The molecule has 5 heteroatoms. The van der Waals surface area contributed by atoms with Crippen LogP contribution in [0.4, 0.5) is 0 Å². The van der Waals surface area contributed by atoms with Crippen LogP contribution in [0.2, 0.25) is 0 Å². The van der Waals surface area contributed by atoms with Gasteiger partial charge >= 0.3 is 5.97 Å². The molecule has 0 rings (SSSR count). The third-order valence-corrected chi connectivity index (χ3v) is 3.55. The first kappa shape index (κ1) is 16.7. The SMILES string of the molecule is CCCNC(C)(CSCCOC)C(=O)OCC. The van der Waals surface area contributed by atoms with Crippen LogP contribution < -0.4 is 5.32 Å². The maximum Gasteiger partial charge on any atom is 0.326 e. The van der Waals surface area contributed by atoms with Crippen molar-refractivity contribution in [2.24, 2.45) is 0 Å². The van der Waals surface area contributed by atoms with Crippen molar-refractivity contribution in [2.75, 3.05) is 38.4 Å². The summed E-state index contributed by atoms with van der Waals surface area (Å²) in [6.07, 6.45) is 0.998. The molecule has 0 fully saturated rings. The minimum atomic E-state index is -0.593. The molecule has 0 saturated carbocycles. The number of nitrogens with one attached hydrogen (secondary N) is 1. The van der Waals surface area contributed by atoms with E-state index in [1.807, 2.05) is 13.8 Å². The fourth-order valence-electron chi connectivity index (χ4n) is 1.29. The summed E-state index contributed by atoms with van der Waals surface area (Å²) in [7, 11) is 1.68. The molecule has 0 saturated heterocycles. The van der Waals surface area contributed by atoms with Crippen LogP contribution >= 0.6 is 11.8 Å². The number of esters is 1. The molecule has 1 N–H and O–H groups in total. The van der Waals surface area contributed by atoms with E-state index in [0.717, 1.165) is 18.7 Å². The van der Waals surface area contributed by atoms with Gasteiger partial charge in [0.05, 0.1) is 13.2 Å². The molecule has 0 spiro atoms. The summed E-state index contributed by atoms with van der Waals surface area (Å²) < 4.78 is 10.1. The van der Waals surface area contributed by atoms with Crippen molar-refractivity contribution < 1.29 is 14.3 Å².